The van der Waals surface area contributed by atoms with Crippen molar-refractivity contribution in [1.29, 1.82) is 0 Å². The van der Waals surface area contributed by atoms with Crippen molar-refractivity contribution in [2.45, 2.75) is 31.7 Å². The van der Waals surface area contributed by atoms with Crippen molar-refractivity contribution in [2.75, 3.05) is 12.4 Å². The number of carbonyl (C=O) groups excluding carboxylic acids is 1. The lowest BCUT2D eigenvalue weighted by Crippen LogP contribution is -2.52. The monoisotopic (exact) mass is 396 g/mol. The number of aromatic nitrogens is 5. The van der Waals surface area contributed by atoms with E-state index in [1.165, 1.54) is 7.11 Å². The van der Waals surface area contributed by atoms with Gasteiger partial charge in [-0.15, -0.1) is 0 Å². The molecule has 2 N–H and O–H groups in total. The Hall–Kier alpha value is -3.10. The van der Waals surface area contributed by atoms with E-state index >= 15 is 0 Å². The van der Waals surface area contributed by atoms with Crippen molar-refractivity contribution < 1.29 is 13.9 Å². The second-order valence-electron chi connectivity index (χ2n) is 7.76. The van der Waals surface area contributed by atoms with Crippen molar-refractivity contribution >= 4 is 22.8 Å². The van der Waals surface area contributed by atoms with Crippen LogP contribution in [0.4, 0.5) is 10.2 Å². The molecule has 0 amide bonds. The highest BCUT2D eigenvalue weighted by Crippen LogP contribution is 2.46. The summed E-state index contributed by atoms with van der Waals surface area (Å²) in [6, 6.07) is 3.45. The van der Waals surface area contributed by atoms with Crippen LogP contribution < -0.4 is 5.32 Å². The van der Waals surface area contributed by atoms with Crippen LogP contribution in [0.3, 0.4) is 0 Å². The highest BCUT2D eigenvalue weighted by atomic mass is 19.1. The molecule has 29 heavy (non-hydrogen) atoms. The Balaban J connectivity index is 1.50. The predicted octanol–water partition coefficient (Wildman–Crippen LogP) is 2.94. The molecule has 1 unspecified atom stereocenters. The van der Waals surface area contributed by atoms with Crippen LogP contribution >= 0.6 is 0 Å². The summed E-state index contributed by atoms with van der Waals surface area (Å²) < 4.78 is 19.6. The van der Waals surface area contributed by atoms with E-state index < -0.39 is 5.82 Å². The maximum Gasteiger partial charge on any atom is 0.311 e. The molecular formula is C20H21FN6O2. The number of H-pyrrole nitrogens is 1. The molecule has 2 atom stereocenters. The van der Waals surface area contributed by atoms with E-state index in [0.717, 1.165) is 37.3 Å². The van der Waals surface area contributed by atoms with Gasteiger partial charge in [-0.05, 0) is 49.7 Å². The van der Waals surface area contributed by atoms with E-state index in [2.05, 4.69) is 30.5 Å². The topological polar surface area (TPSA) is 106 Å². The summed E-state index contributed by atoms with van der Waals surface area (Å²) in [6.45, 7) is 0. The van der Waals surface area contributed by atoms with Gasteiger partial charge in [0, 0.05) is 17.6 Å². The highest BCUT2D eigenvalue weighted by Gasteiger charge is 2.48. The average Bonchev–Trinajstić information content (AvgIpc) is 3.20. The molecule has 3 saturated carbocycles. The molecule has 3 fully saturated rings. The first-order valence-corrected chi connectivity index (χ1v) is 9.82. The summed E-state index contributed by atoms with van der Waals surface area (Å²) in [5.74, 6) is -0.121. The lowest BCUT2D eigenvalue weighted by molar-refractivity contribution is -0.152. The van der Waals surface area contributed by atoms with E-state index in [9.17, 15) is 9.18 Å². The van der Waals surface area contributed by atoms with E-state index in [0.29, 0.717) is 23.1 Å². The van der Waals surface area contributed by atoms with Gasteiger partial charge in [0.15, 0.2) is 23.1 Å². The summed E-state index contributed by atoms with van der Waals surface area (Å²) in [7, 11) is 1.41. The molecular weight excluding hydrogens is 375 g/mol. The number of nitrogens with one attached hydrogen (secondary N) is 2. The quantitative estimate of drug-likeness (QED) is 0.653. The molecule has 0 aliphatic heterocycles. The maximum atomic E-state index is 14.6. The third kappa shape index (κ3) is 3.01. The fraction of sp³-hybridized carbons (Fsp3) is 0.450. The van der Waals surface area contributed by atoms with Crippen LogP contribution in [0.2, 0.25) is 0 Å². The van der Waals surface area contributed by atoms with Gasteiger partial charge in [0.05, 0.1) is 19.2 Å². The van der Waals surface area contributed by atoms with Crippen LogP contribution in [-0.4, -0.2) is 44.3 Å². The number of halogens is 1. The number of hydrogen-bond acceptors (Lipinski definition) is 7. The fourth-order valence-electron chi connectivity index (χ4n) is 4.90. The number of ether oxygens (including phenoxy) is 1. The third-order valence-corrected chi connectivity index (χ3v) is 6.29. The van der Waals surface area contributed by atoms with Crippen molar-refractivity contribution in [3.63, 3.8) is 0 Å². The Morgan fingerprint density at radius 3 is 2.83 bits per heavy atom. The predicted molar refractivity (Wildman–Crippen MR) is 103 cm³/mol. The van der Waals surface area contributed by atoms with Crippen molar-refractivity contribution in [3.05, 3.63) is 30.3 Å². The number of aromatic amines is 1. The van der Waals surface area contributed by atoms with Gasteiger partial charge in [0.1, 0.15) is 5.69 Å². The molecule has 8 nitrogen and oxygen atoms in total. The zero-order valence-electron chi connectivity index (χ0n) is 15.9. The molecule has 2 bridgehead atoms. The van der Waals surface area contributed by atoms with E-state index in [1.807, 2.05) is 6.07 Å². The Kier molecular flexibility index (Phi) is 4.37. The van der Waals surface area contributed by atoms with Crippen LogP contribution in [0.25, 0.3) is 22.6 Å². The largest absolute Gasteiger partial charge is 0.469 e. The Bertz CT molecular complexity index is 1060. The van der Waals surface area contributed by atoms with Gasteiger partial charge in [-0.2, -0.15) is 5.10 Å². The number of nitrogens with zero attached hydrogens (tertiary/aromatic N) is 4. The average molecular weight is 396 g/mol. The standard InChI is InChI=1S/C20H21FN6O2/c1-29-20(28)14-10-4-6-11(7-5-10)15(14)24-18-13(21)9-23-19(25-18)16-12-3-2-8-22-17(12)27-26-16/h2-3,8-11,14-15H,4-7H2,1H3,(H,22,26,27)(H,23,24,25)/t10?,11?,14?,15-/m1/s1. The van der Waals surface area contributed by atoms with E-state index in [4.69, 9.17) is 4.74 Å². The summed E-state index contributed by atoms with van der Waals surface area (Å²) >= 11 is 0. The van der Waals surface area contributed by atoms with Gasteiger partial charge in [-0.25, -0.2) is 19.3 Å². The van der Waals surface area contributed by atoms with Gasteiger partial charge in [0.2, 0.25) is 0 Å². The number of carbonyl (C=O) groups is 1. The minimum absolute atomic E-state index is 0.0908. The molecule has 0 aromatic carbocycles. The molecule has 6 rings (SSSR count). The summed E-state index contributed by atoms with van der Waals surface area (Å²) in [4.78, 5) is 25.2. The van der Waals surface area contributed by atoms with Crippen molar-refractivity contribution in [1.82, 2.24) is 25.1 Å². The number of rotatable bonds is 4. The second kappa shape index (κ2) is 7.06. The number of methoxy groups -OCH3 is 1. The number of fused-ring (bicyclic) bond motifs is 4. The Morgan fingerprint density at radius 1 is 1.24 bits per heavy atom. The van der Waals surface area contributed by atoms with Crippen LogP contribution in [0.5, 0.6) is 0 Å². The minimum Gasteiger partial charge on any atom is -0.469 e. The molecule has 3 aliphatic rings. The lowest BCUT2D eigenvalue weighted by atomic mass is 9.61. The summed E-state index contributed by atoms with van der Waals surface area (Å²) in [5, 5.41) is 11.0. The molecule has 3 aromatic rings. The van der Waals surface area contributed by atoms with Crippen LogP contribution in [0.1, 0.15) is 25.7 Å². The molecule has 3 aliphatic carbocycles. The van der Waals surface area contributed by atoms with E-state index in [1.54, 1.807) is 12.3 Å². The van der Waals surface area contributed by atoms with Gasteiger partial charge in [0.25, 0.3) is 0 Å². The first-order valence-electron chi connectivity index (χ1n) is 9.82. The highest BCUT2D eigenvalue weighted by molar-refractivity contribution is 5.88. The summed E-state index contributed by atoms with van der Waals surface area (Å²) in [6.07, 6.45) is 6.84. The molecule has 150 valence electrons. The van der Waals surface area contributed by atoms with Crippen molar-refractivity contribution in [3.8, 4) is 11.5 Å². The van der Waals surface area contributed by atoms with Crippen LogP contribution in [-0.2, 0) is 9.53 Å². The van der Waals surface area contributed by atoms with Crippen LogP contribution in [0.15, 0.2) is 24.5 Å². The Morgan fingerprint density at radius 2 is 2.03 bits per heavy atom. The first kappa shape index (κ1) is 18.0. The summed E-state index contributed by atoms with van der Waals surface area (Å²) in [5.41, 5.74) is 1.12. The Labute approximate surface area is 166 Å². The zero-order valence-corrected chi connectivity index (χ0v) is 15.9. The first-order chi connectivity index (χ1) is 14.2. The van der Waals surface area contributed by atoms with Gasteiger partial charge in [-0.3, -0.25) is 9.89 Å². The van der Waals surface area contributed by atoms with Gasteiger partial charge >= 0.3 is 5.97 Å². The number of hydrogen-bond donors (Lipinski definition) is 2. The molecule has 0 spiro atoms. The maximum absolute atomic E-state index is 14.6. The zero-order chi connectivity index (χ0) is 20.0. The molecule has 3 aromatic heterocycles. The molecule has 3 heterocycles. The minimum atomic E-state index is -0.555. The SMILES string of the molecule is COC(=O)C1C2CCC(CC2)[C@H]1Nc1nc(-c2[nH]nc3ncccc23)ncc1F. The molecule has 0 saturated heterocycles. The smallest absolute Gasteiger partial charge is 0.311 e. The van der Waals surface area contributed by atoms with Crippen molar-refractivity contribution in [2.24, 2.45) is 17.8 Å². The number of pyridine rings is 1. The molecule has 9 heteroatoms. The second-order valence-corrected chi connectivity index (χ2v) is 7.76. The van der Waals surface area contributed by atoms with Gasteiger partial charge in [-0.1, -0.05) is 0 Å². The third-order valence-electron chi connectivity index (χ3n) is 6.29. The normalized spacial score (nSPS) is 25.9. The lowest BCUT2D eigenvalue weighted by Gasteiger charge is -2.47. The van der Waals surface area contributed by atoms with Crippen LogP contribution in [0, 0.1) is 23.6 Å². The molecule has 0 radical (unpaired) electrons. The number of esters is 1. The fourth-order valence-corrected chi connectivity index (χ4v) is 4.90. The van der Waals surface area contributed by atoms with E-state index in [-0.39, 0.29) is 29.7 Å². The van der Waals surface area contributed by atoms with Gasteiger partial charge < -0.3 is 10.1 Å². The number of anilines is 1.